The summed E-state index contributed by atoms with van der Waals surface area (Å²) in [5.74, 6) is 0.776. The lowest BCUT2D eigenvalue weighted by molar-refractivity contribution is -0.113. The van der Waals surface area contributed by atoms with E-state index in [2.05, 4.69) is 49.6 Å². The molecule has 1 heterocycles. The highest BCUT2D eigenvalue weighted by Gasteiger charge is 2.60. The Kier molecular flexibility index (Phi) is 5.93. The smallest absolute Gasteiger partial charge is 0.0900 e. The fraction of sp³-hybridized carbons (Fsp3) is 0.750. The molecule has 1 aliphatic heterocycles. The van der Waals surface area contributed by atoms with Gasteiger partial charge in [-0.1, -0.05) is 38.4 Å². The number of aliphatic hydroxyl groups excluding tert-OH is 1. The second-order valence-electron chi connectivity index (χ2n) is 10.5. The quantitative estimate of drug-likeness (QED) is 0.741. The van der Waals surface area contributed by atoms with Crippen LogP contribution in [0.4, 0.5) is 5.69 Å². The Morgan fingerprint density at radius 2 is 1.93 bits per heavy atom. The van der Waals surface area contributed by atoms with Gasteiger partial charge in [0.2, 0.25) is 0 Å². The molecule has 2 saturated carbocycles. The molecule has 29 heavy (non-hydrogen) atoms. The number of rotatable bonds is 6. The van der Waals surface area contributed by atoms with Crippen LogP contribution in [0.1, 0.15) is 45.6 Å². The summed E-state index contributed by atoms with van der Waals surface area (Å²) < 4.78 is 6.38. The van der Waals surface area contributed by atoms with Crippen LogP contribution in [-0.4, -0.2) is 61.5 Å². The highest BCUT2D eigenvalue weighted by molar-refractivity contribution is 6.30. The van der Waals surface area contributed by atoms with Gasteiger partial charge < -0.3 is 14.7 Å². The molecule has 3 fully saturated rings. The highest BCUT2D eigenvalue weighted by atomic mass is 35.5. The van der Waals surface area contributed by atoms with Crippen LogP contribution in [0.15, 0.2) is 18.2 Å². The fourth-order valence-electron chi connectivity index (χ4n) is 6.32. The molecular weight excluding hydrogens is 384 g/mol. The summed E-state index contributed by atoms with van der Waals surface area (Å²) >= 11 is 6.19. The van der Waals surface area contributed by atoms with Crippen LogP contribution in [0, 0.1) is 23.7 Å². The van der Waals surface area contributed by atoms with E-state index in [1.54, 1.807) is 0 Å². The number of ether oxygens (including phenoxy) is 1. The first-order chi connectivity index (χ1) is 13.7. The van der Waals surface area contributed by atoms with Crippen LogP contribution in [0.5, 0.6) is 0 Å². The normalized spacial score (nSPS) is 32.7. The van der Waals surface area contributed by atoms with Crippen molar-refractivity contribution in [2.24, 2.45) is 16.7 Å². The minimum absolute atomic E-state index is 0.229. The standard InChI is InChI=1S/C24H37ClN2O2/c1-17-5-6-19(25)13-21(17)27-11-9-26(10-12-27)15-20(28)16-29-22-23(2,3)18-7-8-24(22,4)14-18/h5-6,13,18,20,22,28H,7-12,14-16H2,1-4H3/t18-,20-,22+,24-/m0/s1. The van der Waals surface area contributed by atoms with E-state index in [4.69, 9.17) is 16.3 Å². The third kappa shape index (κ3) is 4.19. The third-order valence-corrected chi connectivity index (χ3v) is 8.18. The summed E-state index contributed by atoms with van der Waals surface area (Å²) in [4.78, 5) is 4.76. The van der Waals surface area contributed by atoms with Gasteiger partial charge >= 0.3 is 0 Å². The summed E-state index contributed by atoms with van der Waals surface area (Å²) in [6.45, 7) is 14.2. The van der Waals surface area contributed by atoms with E-state index in [0.29, 0.717) is 18.6 Å². The number of aryl methyl sites for hydroxylation is 1. The maximum Gasteiger partial charge on any atom is 0.0900 e. The number of β-amino-alcohol motifs (C(OH)–C–C–N with tert-alkyl or cyclic N) is 1. The first-order valence-corrected chi connectivity index (χ1v) is 11.6. The topological polar surface area (TPSA) is 35.9 Å². The molecule has 1 N–H and O–H groups in total. The average molecular weight is 421 g/mol. The van der Waals surface area contributed by atoms with Crippen LogP contribution in [0.3, 0.4) is 0 Å². The van der Waals surface area contributed by atoms with Gasteiger partial charge in [0.1, 0.15) is 0 Å². The molecule has 1 aromatic rings. The fourth-order valence-corrected chi connectivity index (χ4v) is 6.49. The van der Waals surface area contributed by atoms with Gasteiger partial charge in [0, 0.05) is 43.4 Å². The predicted molar refractivity (Wildman–Crippen MR) is 120 cm³/mol. The summed E-state index contributed by atoms with van der Waals surface area (Å²) in [6.07, 6.45) is 3.74. The van der Waals surface area contributed by atoms with E-state index in [9.17, 15) is 5.11 Å². The van der Waals surface area contributed by atoms with E-state index in [0.717, 1.165) is 37.1 Å². The number of piperazine rings is 1. The molecule has 0 amide bonds. The minimum atomic E-state index is -0.423. The van der Waals surface area contributed by atoms with Crippen LogP contribution < -0.4 is 4.90 Å². The van der Waals surface area contributed by atoms with Crippen molar-refractivity contribution in [3.63, 3.8) is 0 Å². The van der Waals surface area contributed by atoms with Crippen LogP contribution in [0.2, 0.25) is 5.02 Å². The third-order valence-electron chi connectivity index (χ3n) is 7.95. The van der Waals surface area contributed by atoms with Gasteiger partial charge in [-0.25, -0.2) is 0 Å². The maximum absolute atomic E-state index is 10.7. The van der Waals surface area contributed by atoms with Gasteiger partial charge in [-0.2, -0.15) is 0 Å². The molecular formula is C24H37ClN2O2. The van der Waals surface area contributed by atoms with Gasteiger partial charge in [0.05, 0.1) is 18.8 Å². The molecule has 2 aliphatic carbocycles. The number of nitrogens with zero attached hydrogens (tertiary/aromatic N) is 2. The number of anilines is 1. The van der Waals surface area contributed by atoms with Crippen molar-refractivity contribution in [1.29, 1.82) is 0 Å². The molecule has 4 atom stereocenters. The number of benzene rings is 1. The van der Waals surface area contributed by atoms with E-state index >= 15 is 0 Å². The lowest BCUT2D eigenvalue weighted by atomic mass is 9.70. The number of fused-ring (bicyclic) bond motifs is 2. The molecule has 1 aromatic carbocycles. The minimum Gasteiger partial charge on any atom is -0.389 e. The average Bonchev–Trinajstić information content (AvgIpc) is 3.15. The summed E-state index contributed by atoms with van der Waals surface area (Å²) in [5.41, 5.74) is 3.02. The summed E-state index contributed by atoms with van der Waals surface area (Å²) in [5, 5.41) is 11.4. The maximum atomic E-state index is 10.7. The zero-order valence-corrected chi connectivity index (χ0v) is 19.2. The Labute approximate surface area is 181 Å². The van der Waals surface area contributed by atoms with Crippen molar-refractivity contribution >= 4 is 17.3 Å². The predicted octanol–water partition coefficient (Wildman–Crippen LogP) is 4.36. The molecule has 0 unspecified atom stereocenters. The van der Waals surface area contributed by atoms with Gasteiger partial charge in [0.15, 0.2) is 0 Å². The highest BCUT2D eigenvalue weighted by Crippen LogP contribution is 2.63. The zero-order valence-electron chi connectivity index (χ0n) is 18.5. The van der Waals surface area contributed by atoms with Crippen molar-refractivity contribution < 1.29 is 9.84 Å². The Balaban J connectivity index is 1.25. The van der Waals surface area contributed by atoms with Crippen molar-refractivity contribution in [2.75, 3.05) is 44.2 Å². The van der Waals surface area contributed by atoms with Crippen LogP contribution in [-0.2, 0) is 4.74 Å². The molecule has 0 aromatic heterocycles. The summed E-state index contributed by atoms with van der Waals surface area (Å²) in [7, 11) is 0. The van der Waals surface area contributed by atoms with Gasteiger partial charge in [-0.3, -0.25) is 4.90 Å². The molecule has 1 saturated heterocycles. The monoisotopic (exact) mass is 420 g/mol. The molecule has 3 aliphatic rings. The number of halogens is 1. The lowest BCUT2D eigenvalue weighted by Crippen LogP contribution is -2.50. The molecule has 2 bridgehead atoms. The van der Waals surface area contributed by atoms with Crippen molar-refractivity contribution in [1.82, 2.24) is 4.90 Å². The lowest BCUT2D eigenvalue weighted by Gasteiger charge is -2.43. The number of hydrogen-bond acceptors (Lipinski definition) is 4. The Hall–Kier alpha value is -0.810. The largest absolute Gasteiger partial charge is 0.389 e. The van der Waals surface area contributed by atoms with Crippen molar-refractivity contribution in [2.45, 2.75) is 59.2 Å². The SMILES string of the molecule is Cc1ccc(Cl)cc1N1CCN(C[C@H](O)CO[C@@H]2C(C)(C)[C@H]3CC[C@@]2(C)C3)CC1. The van der Waals surface area contributed by atoms with Crippen LogP contribution in [0.25, 0.3) is 0 Å². The first-order valence-electron chi connectivity index (χ1n) is 11.2. The van der Waals surface area contributed by atoms with E-state index in [-0.39, 0.29) is 11.5 Å². The number of aliphatic hydroxyl groups is 1. The van der Waals surface area contributed by atoms with E-state index in [1.165, 1.54) is 30.5 Å². The van der Waals surface area contributed by atoms with Gasteiger partial charge in [-0.15, -0.1) is 0 Å². The Morgan fingerprint density at radius 1 is 1.21 bits per heavy atom. The molecule has 5 heteroatoms. The van der Waals surface area contributed by atoms with Gasteiger partial charge in [0.25, 0.3) is 0 Å². The molecule has 162 valence electrons. The number of hydrogen-bond donors (Lipinski definition) is 1. The molecule has 0 radical (unpaired) electrons. The van der Waals surface area contributed by atoms with Crippen molar-refractivity contribution in [3.05, 3.63) is 28.8 Å². The Morgan fingerprint density at radius 3 is 2.59 bits per heavy atom. The van der Waals surface area contributed by atoms with E-state index < -0.39 is 6.10 Å². The first kappa shape index (κ1) is 21.4. The van der Waals surface area contributed by atoms with Gasteiger partial charge in [-0.05, 0) is 60.6 Å². The molecule has 4 nitrogen and oxygen atoms in total. The summed E-state index contributed by atoms with van der Waals surface area (Å²) in [6, 6.07) is 6.10. The second-order valence-corrected chi connectivity index (χ2v) is 10.9. The zero-order chi connectivity index (χ0) is 20.8. The van der Waals surface area contributed by atoms with Crippen LogP contribution >= 0.6 is 11.6 Å². The second kappa shape index (κ2) is 8.03. The molecule has 0 spiro atoms. The molecule has 4 rings (SSSR count). The van der Waals surface area contributed by atoms with Crippen molar-refractivity contribution in [3.8, 4) is 0 Å². The van der Waals surface area contributed by atoms with E-state index in [1.807, 2.05) is 6.07 Å². The Bertz CT molecular complexity index is 727.